The molecule has 10 nitrogen and oxygen atoms in total. The molecule has 1 rings (SSSR count). The molecule has 0 heterocycles. The second kappa shape index (κ2) is 12.7. The zero-order valence-corrected chi connectivity index (χ0v) is 20.1. The van der Waals surface area contributed by atoms with Crippen molar-refractivity contribution in [1.29, 1.82) is 0 Å². The van der Waals surface area contributed by atoms with Gasteiger partial charge in [-0.05, 0) is 38.5 Å². The first-order valence-corrected chi connectivity index (χ1v) is 10.7. The highest BCUT2D eigenvalue weighted by molar-refractivity contribution is 7.80. The van der Waals surface area contributed by atoms with Crippen LogP contribution in [0.3, 0.4) is 0 Å². The van der Waals surface area contributed by atoms with E-state index in [-0.39, 0.29) is 23.6 Å². The first-order chi connectivity index (χ1) is 15.4. The Morgan fingerprint density at radius 2 is 1.94 bits per heavy atom. The molecular weight excluding hydrogens is 450 g/mol. The minimum atomic E-state index is -1.25. The fourth-order valence-corrected chi connectivity index (χ4v) is 3.04. The molecule has 11 heteroatoms. The van der Waals surface area contributed by atoms with Crippen molar-refractivity contribution in [3.8, 4) is 5.75 Å². The van der Waals surface area contributed by atoms with Crippen LogP contribution in [0.2, 0.25) is 0 Å². The van der Waals surface area contributed by atoms with Crippen molar-refractivity contribution in [2.45, 2.75) is 38.5 Å². The zero-order chi connectivity index (χ0) is 25.2. The second-order valence-electron chi connectivity index (χ2n) is 7.95. The van der Waals surface area contributed by atoms with Gasteiger partial charge in [0, 0.05) is 12.3 Å². The van der Waals surface area contributed by atoms with Gasteiger partial charge < -0.3 is 30.1 Å². The third-order valence-electron chi connectivity index (χ3n) is 4.16. The van der Waals surface area contributed by atoms with E-state index < -0.39 is 48.1 Å². The molecule has 3 amide bonds. The van der Waals surface area contributed by atoms with Gasteiger partial charge in [-0.3, -0.25) is 14.4 Å². The maximum absolute atomic E-state index is 13.4. The number of carbonyl (C=O) groups is 4. The first kappa shape index (κ1) is 27.8. The fourth-order valence-electron chi connectivity index (χ4n) is 2.79. The van der Waals surface area contributed by atoms with Crippen molar-refractivity contribution >= 4 is 36.5 Å². The molecule has 0 aliphatic carbocycles. The minimum absolute atomic E-state index is 0.0783. The summed E-state index contributed by atoms with van der Waals surface area (Å²) in [4.78, 5) is 51.3. The molecule has 33 heavy (non-hydrogen) atoms. The van der Waals surface area contributed by atoms with Crippen molar-refractivity contribution in [2.75, 3.05) is 26.0 Å². The zero-order valence-electron chi connectivity index (χ0n) is 19.2. The number of rotatable bonds is 10. The van der Waals surface area contributed by atoms with E-state index in [2.05, 4.69) is 34.6 Å². The van der Waals surface area contributed by atoms with Gasteiger partial charge in [0.05, 0.1) is 7.11 Å². The average molecular weight is 482 g/mol. The van der Waals surface area contributed by atoms with Crippen molar-refractivity contribution in [3.63, 3.8) is 0 Å². The van der Waals surface area contributed by atoms with E-state index in [1.54, 1.807) is 26.8 Å². The molecule has 0 bridgehead atoms. The normalized spacial score (nSPS) is 12.6. The Kier molecular flexibility index (Phi) is 10.7. The summed E-state index contributed by atoms with van der Waals surface area (Å²) < 4.78 is 9.74. The lowest BCUT2D eigenvalue weighted by Gasteiger charge is -2.33. The molecular formula is C22H31N3O7S. The van der Waals surface area contributed by atoms with Crippen molar-refractivity contribution < 1.29 is 33.8 Å². The quantitative estimate of drug-likeness (QED) is 0.226. The second-order valence-corrected chi connectivity index (χ2v) is 8.32. The van der Waals surface area contributed by atoms with E-state index in [0.717, 1.165) is 4.90 Å². The van der Waals surface area contributed by atoms with Crippen molar-refractivity contribution in [1.82, 2.24) is 15.5 Å². The van der Waals surface area contributed by atoms with Crippen LogP contribution >= 0.6 is 12.6 Å². The maximum Gasteiger partial charge on any atom is 0.408 e. The van der Waals surface area contributed by atoms with E-state index in [1.807, 2.05) is 0 Å². The van der Waals surface area contributed by atoms with Crippen LogP contribution in [-0.4, -0.2) is 71.5 Å². The average Bonchev–Trinajstić information content (AvgIpc) is 2.73. The third kappa shape index (κ3) is 9.05. The molecule has 1 aromatic carbocycles. The number of amides is 3. The highest BCUT2D eigenvalue weighted by atomic mass is 32.1. The van der Waals surface area contributed by atoms with Crippen LogP contribution in [0, 0.1) is 0 Å². The summed E-state index contributed by atoms with van der Waals surface area (Å²) in [6.07, 6.45) is 0.585. The number of hydrogen-bond donors (Lipinski definition) is 4. The number of thiol groups is 1. The lowest BCUT2D eigenvalue weighted by atomic mass is 10.0. The Bertz CT molecular complexity index is 870. The Morgan fingerprint density at radius 3 is 2.45 bits per heavy atom. The van der Waals surface area contributed by atoms with E-state index in [0.29, 0.717) is 0 Å². The molecule has 0 aromatic heterocycles. The number of phenols is 1. The van der Waals surface area contributed by atoms with Crippen LogP contribution in [0.5, 0.6) is 5.75 Å². The molecule has 0 saturated carbocycles. The van der Waals surface area contributed by atoms with E-state index >= 15 is 0 Å². The van der Waals surface area contributed by atoms with Gasteiger partial charge in [-0.15, -0.1) is 6.58 Å². The Morgan fingerprint density at radius 1 is 1.27 bits per heavy atom. The van der Waals surface area contributed by atoms with E-state index in [9.17, 15) is 24.3 Å². The smallest absolute Gasteiger partial charge is 0.408 e. The number of nitrogens with zero attached hydrogens (tertiary/aromatic N) is 1. The van der Waals surface area contributed by atoms with Crippen molar-refractivity contribution in [3.05, 3.63) is 42.5 Å². The summed E-state index contributed by atoms with van der Waals surface area (Å²) in [6.45, 7) is 8.17. The van der Waals surface area contributed by atoms with Gasteiger partial charge in [0.25, 0.3) is 0 Å². The Labute approximate surface area is 198 Å². The molecule has 2 unspecified atom stereocenters. The molecule has 1 aromatic rings. The number of methoxy groups -OCH3 is 1. The maximum atomic E-state index is 13.4. The molecule has 0 fully saturated rings. The predicted octanol–water partition coefficient (Wildman–Crippen LogP) is 1.56. The Balaban J connectivity index is 3.31. The lowest BCUT2D eigenvalue weighted by Crippen LogP contribution is -2.54. The summed E-state index contributed by atoms with van der Waals surface area (Å²) >= 11 is 4.16. The van der Waals surface area contributed by atoms with Crippen LogP contribution in [0.15, 0.2) is 36.9 Å². The summed E-state index contributed by atoms with van der Waals surface area (Å²) in [5.74, 6) is -2.22. The highest BCUT2D eigenvalue weighted by Crippen LogP contribution is 2.25. The fraction of sp³-hybridized carbons (Fsp3) is 0.455. The summed E-state index contributed by atoms with van der Waals surface area (Å²) in [5, 5.41) is 14.8. The topological polar surface area (TPSA) is 134 Å². The molecule has 0 aliphatic rings. The number of ether oxygens (including phenoxy) is 2. The molecule has 0 spiro atoms. The van der Waals surface area contributed by atoms with Gasteiger partial charge in [-0.2, -0.15) is 12.6 Å². The van der Waals surface area contributed by atoms with E-state index in [4.69, 9.17) is 4.74 Å². The van der Waals surface area contributed by atoms with Crippen LogP contribution in [0.1, 0.15) is 32.4 Å². The van der Waals surface area contributed by atoms with Gasteiger partial charge in [-0.1, -0.05) is 18.2 Å². The number of esters is 1. The van der Waals surface area contributed by atoms with Gasteiger partial charge in [-0.25, -0.2) is 4.79 Å². The minimum Gasteiger partial charge on any atom is -0.508 e. The van der Waals surface area contributed by atoms with Crippen LogP contribution < -0.4 is 10.6 Å². The third-order valence-corrected chi connectivity index (χ3v) is 4.53. The number of phenolic OH excluding ortho intramolecular Hbond substituents is 1. The molecule has 182 valence electrons. The molecule has 0 radical (unpaired) electrons. The molecule has 0 aliphatic heterocycles. The molecule has 2 atom stereocenters. The molecule has 0 saturated heterocycles. The molecule has 3 N–H and O–H groups in total. The number of nitrogens with one attached hydrogen (secondary N) is 2. The monoisotopic (exact) mass is 481 g/mol. The first-order valence-electron chi connectivity index (χ1n) is 10.1. The van der Waals surface area contributed by atoms with E-state index in [1.165, 1.54) is 31.4 Å². The number of aromatic hydroxyl groups is 1. The summed E-state index contributed by atoms with van der Waals surface area (Å²) in [7, 11) is 1.17. The number of benzene rings is 1. The summed E-state index contributed by atoms with van der Waals surface area (Å²) in [6, 6.07) is 3.40. The number of hydrogen-bond acceptors (Lipinski definition) is 8. The number of alkyl carbamates (subject to hydrolysis) is 1. The van der Waals surface area contributed by atoms with Gasteiger partial charge in [0.2, 0.25) is 11.8 Å². The predicted molar refractivity (Wildman–Crippen MR) is 125 cm³/mol. The van der Waals surface area contributed by atoms with Gasteiger partial charge in [0.1, 0.15) is 30.0 Å². The lowest BCUT2D eigenvalue weighted by molar-refractivity contribution is -0.144. The highest BCUT2D eigenvalue weighted by Gasteiger charge is 2.35. The SMILES string of the molecule is C=CCN(C(=O)C(CS)NC(=O)OC(C)(C)C)C(C(=O)NCC(=O)OC)c1cccc(O)c1. The standard InChI is InChI=1S/C22H31N3O7S/c1-6-10-25(20(29)16(13-33)24-21(30)32-22(2,3)4)18(14-8-7-9-15(26)11-14)19(28)23-12-17(27)31-5/h6-9,11,16,18,26,33H,1,10,12-13H2,2-5H3,(H,23,28)(H,24,30). The summed E-state index contributed by atoms with van der Waals surface area (Å²) in [5.41, 5.74) is -0.504. The largest absolute Gasteiger partial charge is 0.508 e. The van der Waals surface area contributed by atoms with Gasteiger partial charge in [0.15, 0.2) is 0 Å². The Hall–Kier alpha value is -3.21. The van der Waals surface area contributed by atoms with Crippen molar-refractivity contribution in [2.24, 2.45) is 0 Å². The van der Waals surface area contributed by atoms with Crippen LogP contribution in [0.25, 0.3) is 0 Å². The van der Waals surface area contributed by atoms with Gasteiger partial charge >= 0.3 is 12.1 Å². The van der Waals surface area contributed by atoms with Crippen LogP contribution in [-0.2, 0) is 23.9 Å². The number of carbonyl (C=O) groups excluding carboxylic acids is 4. The van der Waals surface area contributed by atoms with Crippen LogP contribution in [0.4, 0.5) is 4.79 Å².